The van der Waals surface area contributed by atoms with Gasteiger partial charge in [0.05, 0.1) is 14.2 Å². The van der Waals surface area contributed by atoms with Crippen LogP contribution in [0.5, 0.6) is 11.5 Å². The number of methoxy groups -OCH3 is 2. The number of hydrogen-bond donors (Lipinski definition) is 0. The normalized spacial score (nSPS) is 13.4. The summed E-state index contributed by atoms with van der Waals surface area (Å²) in [5, 5.41) is -2.09. The van der Waals surface area contributed by atoms with Crippen LogP contribution in [0.4, 0.5) is 13.2 Å². The molecule has 0 aromatic heterocycles. The van der Waals surface area contributed by atoms with Crippen molar-refractivity contribution in [3.8, 4) is 11.5 Å². The van der Waals surface area contributed by atoms with Crippen molar-refractivity contribution in [1.29, 1.82) is 0 Å². The molecular formula is C10H10ClF3O2. The van der Waals surface area contributed by atoms with Crippen molar-refractivity contribution in [2.75, 3.05) is 14.2 Å². The van der Waals surface area contributed by atoms with Crippen molar-refractivity contribution < 1.29 is 22.6 Å². The summed E-state index contributed by atoms with van der Waals surface area (Å²) in [6.45, 7) is 0. The maximum Gasteiger partial charge on any atom is 0.409 e. The minimum atomic E-state index is -4.51. The van der Waals surface area contributed by atoms with E-state index in [0.717, 1.165) is 0 Å². The molecule has 0 heterocycles. The van der Waals surface area contributed by atoms with E-state index in [0.29, 0.717) is 5.75 Å². The van der Waals surface area contributed by atoms with Crippen LogP contribution in [0.2, 0.25) is 0 Å². The molecule has 1 aromatic carbocycles. The molecule has 1 rings (SSSR count). The van der Waals surface area contributed by atoms with E-state index >= 15 is 0 Å². The van der Waals surface area contributed by atoms with Crippen LogP contribution in [-0.4, -0.2) is 20.4 Å². The topological polar surface area (TPSA) is 18.5 Å². The largest absolute Gasteiger partial charge is 0.497 e. The van der Waals surface area contributed by atoms with E-state index in [1.807, 2.05) is 0 Å². The van der Waals surface area contributed by atoms with E-state index in [4.69, 9.17) is 21.1 Å². The number of hydrogen-bond acceptors (Lipinski definition) is 2. The molecule has 0 saturated heterocycles. The van der Waals surface area contributed by atoms with E-state index in [1.54, 1.807) is 0 Å². The molecule has 1 aromatic rings. The number of alkyl halides is 4. The van der Waals surface area contributed by atoms with E-state index < -0.39 is 11.6 Å². The first kappa shape index (κ1) is 13.0. The lowest BCUT2D eigenvalue weighted by molar-refractivity contribution is -0.132. The zero-order valence-corrected chi connectivity index (χ0v) is 9.39. The van der Waals surface area contributed by atoms with Crippen LogP contribution >= 0.6 is 11.6 Å². The van der Waals surface area contributed by atoms with Crippen molar-refractivity contribution in [3.05, 3.63) is 23.8 Å². The summed E-state index contributed by atoms with van der Waals surface area (Å²) in [5.74, 6) is 0.461. The first-order valence-electron chi connectivity index (χ1n) is 4.33. The Balaban J connectivity index is 3.14. The fourth-order valence-corrected chi connectivity index (χ4v) is 1.38. The third-order valence-corrected chi connectivity index (χ3v) is 2.48. The van der Waals surface area contributed by atoms with Crippen LogP contribution in [-0.2, 0) is 0 Å². The van der Waals surface area contributed by atoms with Gasteiger partial charge in [0.15, 0.2) is 5.38 Å². The first-order valence-corrected chi connectivity index (χ1v) is 4.76. The second-order valence-corrected chi connectivity index (χ2v) is 3.45. The summed E-state index contributed by atoms with van der Waals surface area (Å²) >= 11 is 5.32. The van der Waals surface area contributed by atoms with E-state index in [-0.39, 0.29) is 11.3 Å². The van der Waals surface area contributed by atoms with Gasteiger partial charge in [0.1, 0.15) is 11.5 Å². The molecule has 1 unspecified atom stereocenters. The maximum atomic E-state index is 12.4. The lowest BCUT2D eigenvalue weighted by atomic mass is 10.1. The molecule has 1 atom stereocenters. The second-order valence-electron chi connectivity index (χ2n) is 3.01. The second kappa shape index (κ2) is 4.82. The molecule has 0 fully saturated rings. The van der Waals surface area contributed by atoms with Crippen LogP contribution < -0.4 is 9.47 Å². The van der Waals surface area contributed by atoms with Crippen molar-refractivity contribution >= 4 is 11.6 Å². The molecule has 0 saturated carbocycles. The highest BCUT2D eigenvalue weighted by Crippen LogP contribution is 2.42. The molecule has 0 spiro atoms. The monoisotopic (exact) mass is 254 g/mol. The van der Waals surface area contributed by atoms with Crippen LogP contribution in [0.15, 0.2) is 18.2 Å². The number of benzene rings is 1. The minimum absolute atomic E-state index is 0.0525. The summed E-state index contributed by atoms with van der Waals surface area (Å²) < 4.78 is 47.0. The van der Waals surface area contributed by atoms with Gasteiger partial charge >= 0.3 is 6.18 Å². The van der Waals surface area contributed by atoms with Crippen molar-refractivity contribution in [3.63, 3.8) is 0 Å². The average molecular weight is 255 g/mol. The van der Waals surface area contributed by atoms with E-state index in [2.05, 4.69) is 0 Å². The van der Waals surface area contributed by atoms with Crippen LogP contribution in [0.3, 0.4) is 0 Å². The molecule has 0 N–H and O–H groups in total. The zero-order valence-electron chi connectivity index (χ0n) is 8.64. The van der Waals surface area contributed by atoms with E-state index in [9.17, 15) is 13.2 Å². The minimum Gasteiger partial charge on any atom is -0.497 e. The van der Waals surface area contributed by atoms with Gasteiger partial charge in [0.2, 0.25) is 0 Å². The Labute approximate surface area is 95.9 Å². The van der Waals surface area contributed by atoms with Crippen molar-refractivity contribution in [1.82, 2.24) is 0 Å². The van der Waals surface area contributed by atoms with Crippen LogP contribution in [0.25, 0.3) is 0 Å². The summed E-state index contributed by atoms with van der Waals surface area (Å²) in [6.07, 6.45) is -4.51. The SMILES string of the molecule is COc1ccc(C(Cl)C(F)(F)F)c(OC)c1. The van der Waals surface area contributed by atoms with Crippen molar-refractivity contribution in [2.24, 2.45) is 0 Å². The molecule has 2 nitrogen and oxygen atoms in total. The molecule has 6 heteroatoms. The summed E-state index contributed by atoms with van der Waals surface area (Å²) in [4.78, 5) is 0. The maximum absolute atomic E-state index is 12.4. The van der Waals surface area contributed by atoms with Gasteiger partial charge in [0.25, 0.3) is 0 Å². The fourth-order valence-electron chi connectivity index (χ4n) is 1.20. The van der Waals surface area contributed by atoms with Gasteiger partial charge in [-0.25, -0.2) is 0 Å². The molecule has 0 amide bonds. The van der Waals surface area contributed by atoms with Gasteiger partial charge in [0, 0.05) is 11.6 Å². The van der Waals surface area contributed by atoms with Crippen LogP contribution in [0, 0.1) is 0 Å². The molecule has 90 valence electrons. The fraction of sp³-hybridized carbons (Fsp3) is 0.400. The molecular weight excluding hydrogens is 245 g/mol. The molecule has 0 bridgehead atoms. The molecule has 0 aliphatic carbocycles. The van der Waals surface area contributed by atoms with Gasteiger partial charge in [-0.2, -0.15) is 13.2 Å². The van der Waals surface area contributed by atoms with Gasteiger partial charge in [-0.1, -0.05) is 0 Å². The Morgan fingerprint density at radius 3 is 2.25 bits per heavy atom. The predicted molar refractivity (Wildman–Crippen MR) is 54.2 cm³/mol. The lowest BCUT2D eigenvalue weighted by Gasteiger charge is -2.17. The highest BCUT2D eigenvalue weighted by Gasteiger charge is 2.40. The average Bonchev–Trinajstić information content (AvgIpc) is 2.26. The van der Waals surface area contributed by atoms with Crippen LogP contribution in [0.1, 0.15) is 10.9 Å². The quantitative estimate of drug-likeness (QED) is 0.768. The highest BCUT2D eigenvalue weighted by atomic mass is 35.5. The van der Waals surface area contributed by atoms with Gasteiger partial charge < -0.3 is 9.47 Å². The third-order valence-electron chi connectivity index (χ3n) is 2.00. The molecule has 0 aliphatic heterocycles. The number of halogens is 4. The molecule has 0 aliphatic rings. The summed E-state index contributed by atoms with van der Waals surface area (Å²) in [7, 11) is 2.69. The molecule has 16 heavy (non-hydrogen) atoms. The Hall–Kier alpha value is -1.10. The van der Waals surface area contributed by atoms with Gasteiger partial charge in [-0.15, -0.1) is 11.6 Å². The van der Waals surface area contributed by atoms with Gasteiger partial charge in [-0.3, -0.25) is 0 Å². The Bertz CT molecular complexity index is 366. The number of rotatable bonds is 3. The predicted octanol–water partition coefficient (Wildman–Crippen LogP) is 3.55. The lowest BCUT2D eigenvalue weighted by Crippen LogP contribution is -2.16. The zero-order chi connectivity index (χ0) is 12.3. The summed E-state index contributed by atoms with van der Waals surface area (Å²) in [6, 6.07) is 4.00. The summed E-state index contributed by atoms with van der Waals surface area (Å²) in [5.41, 5.74) is -0.127. The highest BCUT2D eigenvalue weighted by molar-refractivity contribution is 6.21. The standard InChI is InChI=1S/C10H10ClF3O2/c1-15-6-3-4-7(8(5-6)16-2)9(11)10(12,13)14/h3-5,9H,1-2H3. The molecule has 0 radical (unpaired) electrons. The van der Waals surface area contributed by atoms with E-state index in [1.165, 1.54) is 32.4 Å². The smallest absolute Gasteiger partial charge is 0.409 e. The van der Waals surface area contributed by atoms with Gasteiger partial charge in [-0.05, 0) is 12.1 Å². The third kappa shape index (κ3) is 2.72. The first-order chi connectivity index (χ1) is 7.40. The number of ether oxygens (including phenoxy) is 2. The Morgan fingerprint density at radius 1 is 1.19 bits per heavy atom. The Kier molecular flexibility index (Phi) is 3.91. The Morgan fingerprint density at radius 2 is 1.81 bits per heavy atom. The van der Waals surface area contributed by atoms with Crippen molar-refractivity contribution in [2.45, 2.75) is 11.6 Å².